The first-order chi connectivity index (χ1) is 11.9. The third kappa shape index (κ3) is 7.85. The van der Waals surface area contributed by atoms with Gasteiger partial charge in [0.25, 0.3) is 0 Å². The number of hydrogen-bond donors (Lipinski definition) is 2. The van der Waals surface area contributed by atoms with Crippen molar-refractivity contribution in [1.29, 1.82) is 0 Å². The molecule has 8 heteroatoms. The second kappa shape index (κ2) is 10.8. The van der Waals surface area contributed by atoms with E-state index in [0.717, 1.165) is 11.4 Å². The molecule has 2 aromatic carbocycles. The molecule has 0 saturated heterocycles. The van der Waals surface area contributed by atoms with Gasteiger partial charge in [0.05, 0.1) is 12.6 Å². The number of aliphatic imine (C=N–C) groups is 1. The van der Waals surface area contributed by atoms with Gasteiger partial charge in [-0.05, 0) is 55.8 Å². The molecule has 0 saturated carbocycles. The van der Waals surface area contributed by atoms with Crippen LogP contribution in [-0.4, -0.2) is 18.7 Å². The zero-order valence-corrected chi connectivity index (χ0v) is 16.8. The van der Waals surface area contributed by atoms with Crippen molar-refractivity contribution in [3.63, 3.8) is 0 Å². The average molecular weight is 477 g/mol. The molecule has 0 radical (unpaired) electrons. The fourth-order valence-electron chi connectivity index (χ4n) is 2.07. The summed E-state index contributed by atoms with van der Waals surface area (Å²) in [6.07, 6.45) is 0.107. The Hall–Kier alpha value is -2.10. The Balaban J connectivity index is 0.00000338. The van der Waals surface area contributed by atoms with E-state index in [1.807, 2.05) is 38.1 Å². The molecule has 0 aliphatic carbocycles. The number of halogens is 3. The van der Waals surface area contributed by atoms with Gasteiger partial charge in [-0.2, -0.15) is 8.78 Å². The molecule has 0 atom stereocenters. The van der Waals surface area contributed by atoms with Crippen LogP contribution in [0.2, 0.25) is 0 Å². The van der Waals surface area contributed by atoms with Crippen LogP contribution in [0.15, 0.2) is 53.5 Å². The normalized spacial score (nSPS) is 11.2. The highest BCUT2D eigenvalue weighted by Gasteiger charge is 2.04. The zero-order chi connectivity index (χ0) is 18.2. The van der Waals surface area contributed by atoms with E-state index in [1.54, 1.807) is 12.1 Å². The fraction of sp³-hybridized carbons (Fsp3) is 0.278. The minimum Gasteiger partial charge on any atom is -0.491 e. The maximum absolute atomic E-state index is 12.2. The standard InChI is InChI=1S/C18H21F2N3O2.HI/c1-12(2)24-15-8-6-14(7-9-15)23-18(21)22-11-13-4-3-5-16(10-13)25-17(19)20;/h3-10,12,17H,11H2,1-2H3,(H3,21,22,23);1H. The molecule has 2 aromatic rings. The maximum atomic E-state index is 12.2. The molecular weight excluding hydrogens is 455 g/mol. The summed E-state index contributed by atoms with van der Waals surface area (Å²) < 4.78 is 34.4. The molecule has 3 N–H and O–H groups in total. The summed E-state index contributed by atoms with van der Waals surface area (Å²) in [6, 6.07) is 13.7. The van der Waals surface area contributed by atoms with Gasteiger partial charge in [-0.1, -0.05) is 12.1 Å². The van der Waals surface area contributed by atoms with E-state index in [9.17, 15) is 8.78 Å². The minimum atomic E-state index is -2.85. The first-order valence-corrected chi connectivity index (χ1v) is 7.80. The van der Waals surface area contributed by atoms with Gasteiger partial charge in [0.2, 0.25) is 0 Å². The third-order valence-electron chi connectivity index (χ3n) is 3.05. The molecular formula is C18H22F2IN3O2. The Morgan fingerprint density at radius 1 is 1.08 bits per heavy atom. The van der Waals surface area contributed by atoms with E-state index in [2.05, 4.69) is 15.0 Å². The SMILES string of the molecule is CC(C)Oc1ccc(NC(N)=NCc2cccc(OC(F)F)c2)cc1.I. The van der Waals surface area contributed by atoms with E-state index >= 15 is 0 Å². The lowest BCUT2D eigenvalue weighted by atomic mass is 10.2. The van der Waals surface area contributed by atoms with Gasteiger partial charge >= 0.3 is 6.61 Å². The number of nitrogens with one attached hydrogen (secondary N) is 1. The lowest BCUT2D eigenvalue weighted by Crippen LogP contribution is -2.22. The smallest absolute Gasteiger partial charge is 0.387 e. The van der Waals surface area contributed by atoms with Crippen molar-refractivity contribution in [2.75, 3.05) is 5.32 Å². The Labute approximate surface area is 168 Å². The number of anilines is 1. The van der Waals surface area contributed by atoms with Crippen molar-refractivity contribution < 1.29 is 18.3 Å². The highest BCUT2D eigenvalue weighted by Crippen LogP contribution is 2.18. The van der Waals surface area contributed by atoms with Crippen LogP contribution in [-0.2, 0) is 6.54 Å². The van der Waals surface area contributed by atoms with E-state index in [0.29, 0.717) is 5.56 Å². The van der Waals surface area contributed by atoms with Crippen LogP contribution in [0.25, 0.3) is 0 Å². The Morgan fingerprint density at radius 3 is 2.38 bits per heavy atom. The average Bonchev–Trinajstić information content (AvgIpc) is 2.54. The molecule has 0 aliphatic rings. The van der Waals surface area contributed by atoms with Gasteiger partial charge in [-0.3, -0.25) is 0 Å². The largest absolute Gasteiger partial charge is 0.491 e. The predicted octanol–water partition coefficient (Wildman–Crippen LogP) is 4.62. The lowest BCUT2D eigenvalue weighted by molar-refractivity contribution is -0.0498. The summed E-state index contributed by atoms with van der Waals surface area (Å²) in [6.45, 7) is 1.30. The maximum Gasteiger partial charge on any atom is 0.387 e. The van der Waals surface area contributed by atoms with Gasteiger partial charge in [0.15, 0.2) is 5.96 Å². The quantitative estimate of drug-likeness (QED) is 0.347. The molecule has 0 heterocycles. The van der Waals surface area contributed by atoms with Crippen LogP contribution in [0.3, 0.4) is 0 Å². The van der Waals surface area contributed by atoms with Crippen molar-refractivity contribution in [3.8, 4) is 11.5 Å². The van der Waals surface area contributed by atoms with Crippen LogP contribution in [0.4, 0.5) is 14.5 Å². The van der Waals surface area contributed by atoms with Gasteiger partial charge in [0.1, 0.15) is 11.5 Å². The molecule has 0 aliphatic heterocycles. The predicted molar refractivity (Wildman–Crippen MR) is 110 cm³/mol. The second-order valence-corrected chi connectivity index (χ2v) is 5.54. The third-order valence-corrected chi connectivity index (χ3v) is 3.05. The first-order valence-electron chi connectivity index (χ1n) is 7.80. The number of rotatable bonds is 7. The van der Waals surface area contributed by atoms with Crippen LogP contribution in [0, 0.1) is 0 Å². The number of hydrogen-bond acceptors (Lipinski definition) is 3. The van der Waals surface area contributed by atoms with Gasteiger partial charge < -0.3 is 20.5 Å². The lowest BCUT2D eigenvalue weighted by Gasteiger charge is -2.11. The molecule has 26 heavy (non-hydrogen) atoms. The van der Waals surface area contributed by atoms with Crippen molar-refractivity contribution in [3.05, 3.63) is 54.1 Å². The molecule has 0 unspecified atom stereocenters. The van der Waals surface area contributed by atoms with Crippen molar-refractivity contribution in [1.82, 2.24) is 0 Å². The van der Waals surface area contributed by atoms with E-state index in [4.69, 9.17) is 10.5 Å². The van der Waals surface area contributed by atoms with Crippen LogP contribution in [0.1, 0.15) is 19.4 Å². The molecule has 142 valence electrons. The highest BCUT2D eigenvalue weighted by atomic mass is 127. The van der Waals surface area contributed by atoms with Crippen molar-refractivity contribution >= 4 is 35.6 Å². The van der Waals surface area contributed by atoms with Crippen LogP contribution in [0.5, 0.6) is 11.5 Å². The summed E-state index contributed by atoms with van der Waals surface area (Å²) in [7, 11) is 0. The first kappa shape index (κ1) is 21.9. The zero-order valence-electron chi connectivity index (χ0n) is 14.5. The Morgan fingerprint density at radius 2 is 1.77 bits per heavy atom. The van der Waals surface area contributed by atoms with Gasteiger partial charge in [-0.25, -0.2) is 4.99 Å². The number of ether oxygens (including phenoxy) is 2. The molecule has 0 amide bonds. The van der Waals surface area contributed by atoms with E-state index in [1.165, 1.54) is 12.1 Å². The topological polar surface area (TPSA) is 68.9 Å². The number of guanidine groups is 1. The summed E-state index contributed by atoms with van der Waals surface area (Å²) >= 11 is 0. The second-order valence-electron chi connectivity index (χ2n) is 5.54. The number of benzene rings is 2. The van der Waals surface area contributed by atoms with Gasteiger partial charge in [-0.15, -0.1) is 24.0 Å². The Bertz CT molecular complexity index is 710. The monoisotopic (exact) mass is 477 g/mol. The molecule has 5 nitrogen and oxygen atoms in total. The highest BCUT2D eigenvalue weighted by molar-refractivity contribution is 14.0. The molecule has 0 bridgehead atoms. The number of nitrogens with two attached hydrogens (primary N) is 1. The summed E-state index contributed by atoms with van der Waals surface area (Å²) in [5.74, 6) is 1.08. The fourth-order valence-corrected chi connectivity index (χ4v) is 2.07. The van der Waals surface area contributed by atoms with Crippen LogP contribution < -0.4 is 20.5 Å². The molecule has 0 aromatic heterocycles. The summed E-state index contributed by atoms with van der Waals surface area (Å²) in [5.41, 5.74) is 7.33. The Kier molecular flexibility index (Phi) is 9.11. The molecule has 0 spiro atoms. The summed E-state index contributed by atoms with van der Waals surface area (Å²) in [5, 5.41) is 2.96. The van der Waals surface area contributed by atoms with Crippen LogP contribution >= 0.6 is 24.0 Å². The van der Waals surface area contributed by atoms with Crippen molar-refractivity contribution in [2.45, 2.75) is 33.1 Å². The van der Waals surface area contributed by atoms with E-state index in [-0.39, 0.29) is 48.3 Å². The number of nitrogens with zero attached hydrogens (tertiary/aromatic N) is 1. The molecule has 0 fully saturated rings. The van der Waals surface area contributed by atoms with E-state index < -0.39 is 6.61 Å². The minimum absolute atomic E-state index is 0. The van der Waals surface area contributed by atoms with Crippen molar-refractivity contribution in [2.24, 2.45) is 10.7 Å². The van der Waals surface area contributed by atoms with Gasteiger partial charge in [0, 0.05) is 5.69 Å². The summed E-state index contributed by atoms with van der Waals surface area (Å²) in [4.78, 5) is 4.19. The number of alkyl halides is 2. The molecule has 2 rings (SSSR count).